The lowest BCUT2D eigenvalue weighted by Gasteiger charge is -2.17. The Morgan fingerprint density at radius 2 is 1.71 bits per heavy atom. The lowest BCUT2D eigenvalue weighted by Crippen LogP contribution is -2.24. The molecule has 0 radical (unpaired) electrons. The van der Waals surface area contributed by atoms with E-state index in [4.69, 9.17) is 4.74 Å². The summed E-state index contributed by atoms with van der Waals surface area (Å²) in [5.74, 6) is -0.234. The predicted octanol–water partition coefficient (Wildman–Crippen LogP) is 4.42. The molecule has 2 rings (SSSR count). The van der Waals surface area contributed by atoms with Gasteiger partial charge in [-0.3, -0.25) is 9.59 Å². The standard InChI is InChI=1S/C20H23NO3/c1-5-24-18(13-17(22)20(2,3)4)21-19(23)16-11-10-14-8-6-7-9-15(14)12-16/h6-12H,5,13H2,1-4H3. The topological polar surface area (TPSA) is 55.7 Å². The van der Waals surface area contributed by atoms with Crippen LogP contribution in [-0.4, -0.2) is 24.2 Å². The van der Waals surface area contributed by atoms with Crippen molar-refractivity contribution in [2.75, 3.05) is 6.61 Å². The fourth-order valence-electron chi connectivity index (χ4n) is 2.19. The van der Waals surface area contributed by atoms with E-state index in [1.165, 1.54) is 0 Å². The number of benzene rings is 2. The highest BCUT2D eigenvalue weighted by molar-refractivity contribution is 6.08. The minimum Gasteiger partial charge on any atom is -0.481 e. The Kier molecular flexibility index (Phi) is 5.50. The Morgan fingerprint density at radius 3 is 2.33 bits per heavy atom. The smallest absolute Gasteiger partial charge is 0.280 e. The van der Waals surface area contributed by atoms with Crippen LogP contribution in [0, 0.1) is 5.41 Å². The van der Waals surface area contributed by atoms with Crippen molar-refractivity contribution < 1.29 is 14.3 Å². The van der Waals surface area contributed by atoms with Crippen LogP contribution in [0.25, 0.3) is 10.8 Å². The Labute approximate surface area is 142 Å². The first-order valence-electron chi connectivity index (χ1n) is 8.08. The van der Waals surface area contributed by atoms with E-state index >= 15 is 0 Å². The van der Waals surface area contributed by atoms with E-state index in [9.17, 15) is 9.59 Å². The SMILES string of the molecule is CCOC(CC(=O)C(C)(C)C)=NC(=O)c1ccc2ccccc2c1. The molecule has 0 spiro atoms. The lowest BCUT2D eigenvalue weighted by atomic mass is 9.89. The van der Waals surface area contributed by atoms with Gasteiger partial charge >= 0.3 is 0 Å². The van der Waals surface area contributed by atoms with Gasteiger partial charge in [0.2, 0.25) is 0 Å². The molecule has 0 aliphatic rings. The maximum Gasteiger partial charge on any atom is 0.280 e. The number of carbonyl (C=O) groups is 2. The summed E-state index contributed by atoms with van der Waals surface area (Å²) < 4.78 is 5.40. The Hall–Kier alpha value is -2.49. The Bertz CT molecular complexity index is 785. The number of ketones is 1. The number of Topliss-reactive ketones (excluding diaryl/α,β-unsaturated/α-hetero) is 1. The number of nitrogens with zero attached hydrogens (tertiary/aromatic N) is 1. The van der Waals surface area contributed by atoms with Gasteiger partial charge in [0.25, 0.3) is 5.91 Å². The molecule has 0 bridgehead atoms. The molecule has 24 heavy (non-hydrogen) atoms. The van der Waals surface area contributed by atoms with Crippen LogP contribution >= 0.6 is 0 Å². The van der Waals surface area contributed by atoms with Gasteiger partial charge < -0.3 is 4.74 Å². The molecule has 4 heteroatoms. The molecule has 0 heterocycles. The van der Waals surface area contributed by atoms with Crippen LogP contribution < -0.4 is 0 Å². The van der Waals surface area contributed by atoms with Gasteiger partial charge in [-0.25, -0.2) is 0 Å². The third kappa shape index (κ3) is 4.51. The number of carbonyl (C=O) groups excluding carboxylic acids is 2. The normalized spacial score (nSPS) is 12.2. The summed E-state index contributed by atoms with van der Waals surface area (Å²) in [6.45, 7) is 7.68. The largest absolute Gasteiger partial charge is 0.481 e. The third-order valence-electron chi connectivity index (χ3n) is 3.68. The number of hydrogen-bond acceptors (Lipinski definition) is 3. The first kappa shape index (κ1) is 17.9. The number of aliphatic imine (C=N–C) groups is 1. The molecule has 0 saturated heterocycles. The second-order valence-electron chi connectivity index (χ2n) is 6.66. The molecule has 0 atom stereocenters. The molecule has 2 aromatic carbocycles. The van der Waals surface area contributed by atoms with Crippen LogP contribution in [0.5, 0.6) is 0 Å². The van der Waals surface area contributed by atoms with Crippen LogP contribution in [0.4, 0.5) is 0 Å². The minimum absolute atomic E-state index is 0.0130. The molecular formula is C20H23NO3. The number of ether oxygens (including phenoxy) is 1. The van der Waals surface area contributed by atoms with Gasteiger partial charge in [-0.05, 0) is 29.8 Å². The van der Waals surface area contributed by atoms with Gasteiger partial charge in [0.05, 0.1) is 13.0 Å². The van der Waals surface area contributed by atoms with E-state index in [-0.39, 0.29) is 18.1 Å². The van der Waals surface area contributed by atoms with Crippen molar-refractivity contribution >= 4 is 28.4 Å². The fourth-order valence-corrected chi connectivity index (χ4v) is 2.19. The third-order valence-corrected chi connectivity index (χ3v) is 3.68. The van der Waals surface area contributed by atoms with E-state index in [0.717, 1.165) is 10.8 Å². The van der Waals surface area contributed by atoms with Crippen LogP contribution in [0.1, 0.15) is 44.5 Å². The van der Waals surface area contributed by atoms with E-state index in [1.54, 1.807) is 19.1 Å². The average Bonchev–Trinajstić information content (AvgIpc) is 2.53. The number of fused-ring (bicyclic) bond motifs is 1. The van der Waals surface area contributed by atoms with Crippen molar-refractivity contribution in [1.29, 1.82) is 0 Å². The fraction of sp³-hybridized carbons (Fsp3) is 0.350. The maximum atomic E-state index is 12.4. The number of hydrogen-bond donors (Lipinski definition) is 0. The second-order valence-corrected chi connectivity index (χ2v) is 6.66. The van der Waals surface area contributed by atoms with Crippen molar-refractivity contribution in [3.05, 3.63) is 48.0 Å². The van der Waals surface area contributed by atoms with Crippen molar-refractivity contribution in [3.63, 3.8) is 0 Å². The molecule has 0 saturated carbocycles. The summed E-state index contributed by atoms with van der Waals surface area (Å²) in [5, 5.41) is 2.04. The van der Waals surface area contributed by atoms with Crippen LogP contribution in [0.3, 0.4) is 0 Å². The van der Waals surface area contributed by atoms with Gasteiger partial charge in [0.1, 0.15) is 5.78 Å². The zero-order valence-electron chi connectivity index (χ0n) is 14.6. The van der Waals surface area contributed by atoms with Gasteiger partial charge in [-0.1, -0.05) is 51.1 Å². The number of amides is 1. The summed E-state index contributed by atoms with van der Waals surface area (Å²) >= 11 is 0. The van der Waals surface area contributed by atoms with E-state index < -0.39 is 11.3 Å². The second kappa shape index (κ2) is 7.39. The molecular weight excluding hydrogens is 302 g/mol. The molecule has 0 fully saturated rings. The van der Waals surface area contributed by atoms with E-state index in [1.807, 2.05) is 51.1 Å². The first-order valence-corrected chi connectivity index (χ1v) is 8.08. The number of rotatable bonds is 4. The van der Waals surface area contributed by atoms with Crippen LogP contribution in [0.15, 0.2) is 47.5 Å². The van der Waals surface area contributed by atoms with Gasteiger partial charge in [0.15, 0.2) is 5.90 Å². The highest BCUT2D eigenvalue weighted by atomic mass is 16.5. The van der Waals surface area contributed by atoms with Crippen LogP contribution in [0.2, 0.25) is 0 Å². The summed E-state index contributed by atoms with van der Waals surface area (Å²) in [7, 11) is 0. The van der Waals surface area contributed by atoms with Crippen molar-refractivity contribution in [2.45, 2.75) is 34.1 Å². The summed E-state index contributed by atoms with van der Waals surface area (Å²) in [6, 6.07) is 13.2. The quantitative estimate of drug-likeness (QED) is 0.617. The summed E-state index contributed by atoms with van der Waals surface area (Å²) in [4.78, 5) is 28.6. The van der Waals surface area contributed by atoms with E-state index in [0.29, 0.717) is 12.2 Å². The summed E-state index contributed by atoms with van der Waals surface area (Å²) in [5.41, 5.74) is -0.0155. The molecule has 0 N–H and O–H groups in total. The van der Waals surface area contributed by atoms with Crippen molar-refractivity contribution in [3.8, 4) is 0 Å². The predicted molar refractivity (Wildman–Crippen MR) is 96.4 cm³/mol. The van der Waals surface area contributed by atoms with Gasteiger partial charge in [-0.15, -0.1) is 0 Å². The minimum atomic E-state index is -0.496. The Morgan fingerprint density at radius 1 is 1.04 bits per heavy atom. The molecule has 1 amide bonds. The molecule has 0 aliphatic heterocycles. The zero-order valence-corrected chi connectivity index (χ0v) is 14.6. The molecule has 4 nitrogen and oxygen atoms in total. The highest BCUT2D eigenvalue weighted by Crippen LogP contribution is 2.19. The first-order chi connectivity index (χ1) is 11.3. The van der Waals surface area contributed by atoms with Crippen molar-refractivity contribution in [2.24, 2.45) is 10.4 Å². The average molecular weight is 325 g/mol. The molecule has 0 unspecified atom stereocenters. The van der Waals surface area contributed by atoms with Gasteiger partial charge in [0, 0.05) is 11.0 Å². The highest BCUT2D eigenvalue weighted by Gasteiger charge is 2.24. The molecule has 0 aromatic heterocycles. The lowest BCUT2D eigenvalue weighted by molar-refractivity contribution is -0.125. The summed E-state index contributed by atoms with van der Waals surface area (Å²) in [6.07, 6.45) is 0.0245. The monoisotopic (exact) mass is 325 g/mol. The van der Waals surface area contributed by atoms with Crippen molar-refractivity contribution in [1.82, 2.24) is 0 Å². The van der Waals surface area contributed by atoms with E-state index in [2.05, 4.69) is 4.99 Å². The molecule has 2 aromatic rings. The zero-order chi connectivity index (χ0) is 17.7. The van der Waals surface area contributed by atoms with Gasteiger partial charge in [-0.2, -0.15) is 4.99 Å². The molecule has 126 valence electrons. The maximum absolute atomic E-state index is 12.4. The molecule has 0 aliphatic carbocycles. The Balaban J connectivity index is 2.26. The van der Waals surface area contributed by atoms with Crippen LogP contribution in [-0.2, 0) is 9.53 Å².